The zero-order chi connectivity index (χ0) is 13.3. The molecule has 0 unspecified atom stereocenters. The van der Waals surface area contributed by atoms with E-state index in [2.05, 4.69) is 10.2 Å². The monoisotopic (exact) mass is 248 g/mol. The number of aryl methyl sites for hydroxylation is 1. The number of nitrogens with zero attached hydrogens (tertiary/aromatic N) is 4. The fourth-order valence-electron chi connectivity index (χ4n) is 1.46. The average molecular weight is 248 g/mol. The molecule has 0 amide bonds. The molecule has 2 aromatic rings. The van der Waals surface area contributed by atoms with E-state index in [1.165, 1.54) is 0 Å². The van der Waals surface area contributed by atoms with Crippen molar-refractivity contribution in [1.82, 2.24) is 15.0 Å². The lowest BCUT2D eigenvalue weighted by molar-refractivity contribution is -0.390. The normalized spacial score (nSPS) is 10.3. The summed E-state index contributed by atoms with van der Waals surface area (Å²) in [6.07, 6.45) is 0. The molecule has 0 aliphatic carbocycles. The number of nitro groups is 1. The fraction of sp³-hybridized carbons (Fsp3) is 0.100. The van der Waals surface area contributed by atoms with Crippen molar-refractivity contribution >= 4 is 11.8 Å². The van der Waals surface area contributed by atoms with E-state index in [4.69, 9.17) is 5.11 Å². The number of carboxylic acids is 1. The number of aromatic carboxylic acids is 1. The third kappa shape index (κ3) is 1.90. The molecule has 0 spiro atoms. The van der Waals surface area contributed by atoms with Gasteiger partial charge < -0.3 is 15.2 Å². The molecular weight excluding hydrogens is 240 g/mol. The van der Waals surface area contributed by atoms with Crippen molar-refractivity contribution in [2.45, 2.75) is 6.92 Å². The Bertz CT molecular complexity index is 603. The first-order valence-corrected chi connectivity index (χ1v) is 4.91. The lowest BCUT2D eigenvalue weighted by Gasteiger charge is -1.98. The molecule has 8 heteroatoms. The van der Waals surface area contributed by atoms with Gasteiger partial charge in [-0.25, -0.2) is 4.79 Å². The summed E-state index contributed by atoms with van der Waals surface area (Å²) < 4.78 is 0. The number of carboxylic acid groups (broad SMARTS) is 1. The molecule has 0 aliphatic rings. The number of aromatic nitrogens is 3. The zero-order valence-corrected chi connectivity index (χ0v) is 9.27. The van der Waals surface area contributed by atoms with Gasteiger partial charge >= 0.3 is 11.8 Å². The van der Waals surface area contributed by atoms with Gasteiger partial charge in [-0.05, 0) is 23.5 Å². The summed E-state index contributed by atoms with van der Waals surface area (Å²) in [6, 6.07) is 6.91. The third-order valence-electron chi connectivity index (χ3n) is 2.30. The predicted molar refractivity (Wildman–Crippen MR) is 59.7 cm³/mol. The molecule has 2 rings (SSSR count). The van der Waals surface area contributed by atoms with Crippen LogP contribution >= 0.6 is 0 Å². The summed E-state index contributed by atoms with van der Waals surface area (Å²) in [6.45, 7) is 1.77. The predicted octanol–water partition coefficient (Wildman–Crippen LogP) is 1.18. The van der Waals surface area contributed by atoms with Crippen LogP contribution in [0, 0.1) is 17.0 Å². The van der Waals surface area contributed by atoms with Gasteiger partial charge in [0.2, 0.25) is 0 Å². The van der Waals surface area contributed by atoms with E-state index in [0.717, 1.165) is 10.4 Å². The number of benzene rings is 1. The van der Waals surface area contributed by atoms with Crippen LogP contribution in [0.25, 0.3) is 5.69 Å². The van der Waals surface area contributed by atoms with Gasteiger partial charge in [0, 0.05) is 0 Å². The van der Waals surface area contributed by atoms with E-state index in [9.17, 15) is 14.9 Å². The SMILES string of the molecule is Cc1ccccc1-n1nc(C(=O)O)c([N+](=O)[O-])n1. The molecule has 8 nitrogen and oxygen atoms in total. The lowest BCUT2D eigenvalue weighted by Crippen LogP contribution is -2.03. The maximum absolute atomic E-state index is 10.8. The third-order valence-corrected chi connectivity index (χ3v) is 2.30. The standard InChI is InChI=1S/C10H8N4O4/c1-6-4-2-3-5-7(6)13-11-8(10(15)16)9(12-13)14(17)18/h2-5H,1H3,(H,15,16). The van der Waals surface area contributed by atoms with E-state index in [1.54, 1.807) is 31.2 Å². The van der Waals surface area contributed by atoms with Crippen LogP contribution in [-0.2, 0) is 0 Å². The van der Waals surface area contributed by atoms with Gasteiger partial charge in [0.25, 0.3) is 5.69 Å². The highest BCUT2D eigenvalue weighted by Crippen LogP contribution is 2.17. The van der Waals surface area contributed by atoms with Crippen LogP contribution < -0.4 is 0 Å². The molecule has 0 bridgehead atoms. The smallest absolute Gasteiger partial charge is 0.425 e. The highest BCUT2D eigenvalue weighted by molar-refractivity contribution is 5.89. The Kier molecular flexibility index (Phi) is 2.76. The number of rotatable bonds is 3. The van der Waals surface area contributed by atoms with E-state index in [1.807, 2.05) is 0 Å². The largest absolute Gasteiger partial charge is 0.476 e. The minimum atomic E-state index is -1.48. The molecule has 1 heterocycles. The highest BCUT2D eigenvalue weighted by Gasteiger charge is 2.29. The molecule has 1 aromatic carbocycles. The second kappa shape index (κ2) is 4.24. The van der Waals surface area contributed by atoms with Crippen molar-refractivity contribution in [3.05, 3.63) is 45.6 Å². The first kappa shape index (κ1) is 11.7. The van der Waals surface area contributed by atoms with Gasteiger partial charge in [0.05, 0.1) is 5.10 Å². The number of hydrogen-bond acceptors (Lipinski definition) is 5. The summed E-state index contributed by atoms with van der Waals surface area (Å²) in [5.41, 5.74) is 0.593. The Morgan fingerprint density at radius 2 is 2.06 bits per heavy atom. The molecule has 0 aliphatic heterocycles. The Morgan fingerprint density at radius 1 is 1.39 bits per heavy atom. The van der Waals surface area contributed by atoms with Crippen molar-refractivity contribution in [3.63, 3.8) is 0 Å². The Hall–Kier alpha value is -2.77. The van der Waals surface area contributed by atoms with Crippen LogP contribution in [0.3, 0.4) is 0 Å². The van der Waals surface area contributed by atoms with Crippen LogP contribution in [0.1, 0.15) is 16.1 Å². The number of hydrogen-bond donors (Lipinski definition) is 1. The van der Waals surface area contributed by atoms with Crippen molar-refractivity contribution in [2.75, 3.05) is 0 Å². The Labute approximate surface area is 101 Å². The second-order valence-electron chi connectivity index (χ2n) is 3.51. The van der Waals surface area contributed by atoms with Crippen LogP contribution in [0.15, 0.2) is 24.3 Å². The number of carbonyl (C=O) groups is 1. The van der Waals surface area contributed by atoms with Crippen molar-refractivity contribution in [1.29, 1.82) is 0 Å². The summed E-state index contributed by atoms with van der Waals surface area (Å²) in [5.74, 6) is -2.26. The van der Waals surface area contributed by atoms with Gasteiger partial charge in [0.1, 0.15) is 5.69 Å². The quantitative estimate of drug-likeness (QED) is 0.644. The maximum atomic E-state index is 10.8. The molecule has 0 fully saturated rings. The van der Waals surface area contributed by atoms with Gasteiger partial charge in [0.15, 0.2) is 0 Å². The average Bonchev–Trinajstić information content (AvgIpc) is 2.74. The first-order chi connectivity index (χ1) is 8.50. The molecule has 0 atom stereocenters. The second-order valence-corrected chi connectivity index (χ2v) is 3.51. The maximum Gasteiger partial charge on any atom is 0.425 e. The number of para-hydroxylation sites is 1. The van der Waals surface area contributed by atoms with Crippen molar-refractivity contribution in [3.8, 4) is 5.69 Å². The summed E-state index contributed by atoms with van der Waals surface area (Å²) in [5, 5.41) is 26.7. The van der Waals surface area contributed by atoms with Gasteiger partial charge in [-0.1, -0.05) is 23.0 Å². The Balaban J connectivity index is 2.61. The molecule has 18 heavy (non-hydrogen) atoms. The summed E-state index contributed by atoms with van der Waals surface area (Å²) in [7, 11) is 0. The first-order valence-electron chi connectivity index (χ1n) is 4.91. The van der Waals surface area contributed by atoms with Crippen LogP contribution in [0.2, 0.25) is 0 Å². The molecule has 1 aromatic heterocycles. The summed E-state index contributed by atoms with van der Waals surface area (Å²) in [4.78, 5) is 21.6. The molecule has 1 N–H and O–H groups in total. The fourth-order valence-corrected chi connectivity index (χ4v) is 1.46. The zero-order valence-electron chi connectivity index (χ0n) is 9.27. The van der Waals surface area contributed by atoms with Crippen molar-refractivity contribution < 1.29 is 14.8 Å². The van der Waals surface area contributed by atoms with Crippen LogP contribution in [0.4, 0.5) is 5.82 Å². The lowest BCUT2D eigenvalue weighted by atomic mass is 10.2. The molecule has 0 saturated heterocycles. The highest BCUT2D eigenvalue weighted by atomic mass is 16.6. The summed E-state index contributed by atoms with van der Waals surface area (Å²) >= 11 is 0. The van der Waals surface area contributed by atoms with E-state index in [-0.39, 0.29) is 0 Å². The van der Waals surface area contributed by atoms with E-state index >= 15 is 0 Å². The van der Waals surface area contributed by atoms with Crippen LogP contribution in [0.5, 0.6) is 0 Å². The Morgan fingerprint density at radius 3 is 2.56 bits per heavy atom. The van der Waals surface area contributed by atoms with Gasteiger partial charge in [-0.3, -0.25) is 0 Å². The van der Waals surface area contributed by atoms with E-state index < -0.39 is 22.4 Å². The minimum Gasteiger partial charge on any atom is -0.476 e. The van der Waals surface area contributed by atoms with E-state index in [0.29, 0.717) is 5.69 Å². The van der Waals surface area contributed by atoms with Crippen molar-refractivity contribution in [2.24, 2.45) is 0 Å². The van der Waals surface area contributed by atoms with Gasteiger partial charge in [-0.2, -0.15) is 0 Å². The molecule has 0 radical (unpaired) electrons. The van der Waals surface area contributed by atoms with Gasteiger partial charge in [-0.15, -0.1) is 5.10 Å². The molecule has 0 saturated carbocycles. The topological polar surface area (TPSA) is 111 Å². The molecular formula is C10H8N4O4. The molecule has 92 valence electrons. The minimum absolute atomic E-state index is 0.494. The van der Waals surface area contributed by atoms with Crippen LogP contribution in [-0.4, -0.2) is 31.0 Å².